The number of carbonyl (C=O) groups excluding carboxylic acids is 2. The van der Waals surface area contributed by atoms with Gasteiger partial charge in [-0.25, -0.2) is 0 Å². The number of nitrogens with zero attached hydrogens (tertiary/aromatic N) is 1. The molecule has 0 aromatic heterocycles. The molecule has 0 radical (unpaired) electrons. The van der Waals surface area contributed by atoms with Crippen molar-refractivity contribution in [3.05, 3.63) is 104 Å². The number of amides is 2. The zero-order valence-corrected chi connectivity index (χ0v) is 19.2. The van der Waals surface area contributed by atoms with E-state index in [1.807, 2.05) is 42.6 Å². The van der Waals surface area contributed by atoms with Gasteiger partial charge >= 0.3 is 5.91 Å². The van der Waals surface area contributed by atoms with Gasteiger partial charge in [0.2, 0.25) is 12.3 Å². The molecule has 31 heavy (non-hydrogen) atoms. The number of rotatable bonds is 4. The van der Waals surface area contributed by atoms with Crippen LogP contribution < -0.4 is 10.7 Å². The minimum atomic E-state index is -0.809. The van der Waals surface area contributed by atoms with Crippen LogP contribution in [0.4, 0.5) is 0 Å². The van der Waals surface area contributed by atoms with E-state index in [0.29, 0.717) is 15.6 Å². The van der Waals surface area contributed by atoms with E-state index in [4.69, 9.17) is 23.2 Å². The van der Waals surface area contributed by atoms with Crippen LogP contribution in [0.1, 0.15) is 27.5 Å². The maximum absolute atomic E-state index is 12.9. The molecule has 0 unspecified atom stereocenters. The number of hydrogen-bond acceptors (Lipinski definition) is 2. The Morgan fingerprint density at radius 2 is 1.52 bits per heavy atom. The third-order valence-electron chi connectivity index (χ3n) is 4.90. The minimum Gasteiger partial charge on any atom is -0.334 e. The predicted octanol–water partition coefficient (Wildman–Crippen LogP) is 4.77. The first-order valence-electron chi connectivity index (χ1n) is 9.42. The summed E-state index contributed by atoms with van der Waals surface area (Å²) in [5.74, 6) is -0.670. The van der Waals surface area contributed by atoms with Crippen molar-refractivity contribution >= 4 is 57.2 Å². The first-order chi connectivity index (χ1) is 14.9. The number of hydrazone groups is 1. The molecule has 0 aliphatic carbocycles. The first-order valence-corrected chi connectivity index (χ1v) is 11.0. The maximum atomic E-state index is 12.9. The highest BCUT2D eigenvalue weighted by atomic mass is 79.9. The van der Waals surface area contributed by atoms with E-state index >= 15 is 0 Å². The van der Waals surface area contributed by atoms with Crippen molar-refractivity contribution in [3.63, 3.8) is 0 Å². The fraction of sp³-hybridized carbons (Fsp3) is 0.0870. The van der Waals surface area contributed by atoms with Gasteiger partial charge in [-0.2, -0.15) is 0 Å². The molecule has 0 spiro atoms. The van der Waals surface area contributed by atoms with Crippen molar-refractivity contribution in [1.82, 2.24) is 10.7 Å². The molecule has 2 amide bonds. The molecule has 3 aromatic rings. The summed E-state index contributed by atoms with van der Waals surface area (Å²) in [5.41, 5.74) is 5.00. The van der Waals surface area contributed by atoms with Gasteiger partial charge in [-0.1, -0.05) is 51.3 Å². The quantitative estimate of drug-likeness (QED) is 0.489. The second kappa shape index (κ2) is 9.22. The molecule has 0 saturated carbocycles. The molecular weight excluding hydrogens is 501 g/mol. The molecule has 1 aliphatic heterocycles. The number of halogens is 3. The van der Waals surface area contributed by atoms with Gasteiger partial charge in [-0.15, -0.1) is 10.1 Å². The van der Waals surface area contributed by atoms with Gasteiger partial charge in [-0.3, -0.25) is 9.59 Å². The molecule has 3 aromatic carbocycles. The van der Waals surface area contributed by atoms with Crippen LogP contribution in [0.15, 0.2) is 77.3 Å². The molecule has 1 fully saturated rings. The Hall–Kier alpha value is -2.67. The first kappa shape index (κ1) is 21.6. The summed E-state index contributed by atoms with van der Waals surface area (Å²) in [6.07, 6.45) is 1.83. The van der Waals surface area contributed by atoms with Crippen molar-refractivity contribution in [2.45, 2.75) is 12.1 Å². The zero-order valence-electron chi connectivity index (χ0n) is 16.1. The minimum absolute atomic E-state index is 0.310. The predicted molar refractivity (Wildman–Crippen MR) is 125 cm³/mol. The molecule has 2 N–H and O–H groups in total. The van der Waals surface area contributed by atoms with Crippen LogP contribution in [0.25, 0.3) is 0 Å². The van der Waals surface area contributed by atoms with Crippen molar-refractivity contribution < 1.29 is 14.3 Å². The van der Waals surface area contributed by atoms with Gasteiger partial charge in [0, 0.05) is 31.2 Å². The molecule has 4 rings (SSSR count). The summed E-state index contributed by atoms with van der Waals surface area (Å²) in [6.45, 7) is 0. The molecule has 1 saturated heterocycles. The Morgan fingerprint density at radius 1 is 0.935 bits per heavy atom. The summed E-state index contributed by atoms with van der Waals surface area (Å²) < 4.78 is 2.67. The van der Waals surface area contributed by atoms with E-state index in [2.05, 4.69) is 26.7 Å². The molecular formula is C23H17BrCl2N3O2+. The highest BCUT2D eigenvalue weighted by molar-refractivity contribution is 9.10. The van der Waals surface area contributed by atoms with Crippen molar-refractivity contribution in [2.24, 2.45) is 0 Å². The summed E-state index contributed by atoms with van der Waals surface area (Å²) in [7, 11) is 0. The fourth-order valence-electron chi connectivity index (χ4n) is 3.38. The Balaban J connectivity index is 1.69. The van der Waals surface area contributed by atoms with Crippen LogP contribution in [-0.2, 0) is 4.79 Å². The Labute approximate surface area is 197 Å². The Bertz CT molecular complexity index is 1150. The lowest BCUT2D eigenvalue weighted by molar-refractivity contribution is -0.596. The lowest BCUT2D eigenvalue weighted by Gasteiger charge is -2.15. The van der Waals surface area contributed by atoms with E-state index in [-0.39, 0.29) is 11.8 Å². The van der Waals surface area contributed by atoms with Crippen LogP contribution in [0.3, 0.4) is 0 Å². The molecule has 8 heteroatoms. The second-order valence-corrected chi connectivity index (χ2v) is 8.81. The zero-order chi connectivity index (χ0) is 22.0. The molecule has 2 atom stereocenters. The van der Waals surface area contributed by atoms with Crippen molar-refractivity contribution in [1.29, 1.82) is 0 Å². The van der Waals surface area contributed by atoms with Gasteiger partial charge in [-0.05, 0) is 60.7 Å². The molecule has 5 nitrogen and oxygen atoms in total. The van der Waals surface area contributed by atoms with Crippen LogP contribution in [0, 0.1) is 0 Å². The second-order valence-electron chi connectivity index (χ2n) is 7.02. The smallest absolute Gasteiger partial charge is 0.304 e. The van der Waals surface area contributed by atoms with Gasteiger partial charge in [0.15, 0.2) is 6.04 Å². The molecule has 1 aliphatic rings. The molecule has 1 heterocycles. The van der Waals surface area contributed by atoms with Gasteiger partial charge in [0.25, 0.3) is 5.91 Å². The maximum Gasteiger partial charge on any atom is 0.304 e. The van der Waals surface area contributed by atoms with E-state index in [9.17, 15) is 9.59 Å². The standard InChI is InChI=1S/C23H16BrCl2N3O2/c24-17-7-1-14(2-8-17)13-29-21(15-3-9-18(25)10-4-15)20(23(31)28-29)27-22(30)16-5-11-19(26)12-6-16/h1-13,20-21H,(H-,27,28,30,31)/p+1/b29-13-/t20-,21-/m1/s1. The number of hydrazine groups is 1. The lowest BCUT2D eigenvalue weighted by atomic mass is 10.00. The Morgan fingerprint density at radius 3 is 2.13 bits per heavy atom. The fourth-order valence-corrected chi connectivity index (χ4v) is 3.89. The summed E-state index contributed by atoms with van der Waals surface area (Å²) in [4.78, 5) is 25.7. The highest BCUT2D eigenvalue weighted by Gasteiger charge is 2.47. The van der Waals surface area contributed by atoms with Crippen LogP contribution in [-0.4, -0.2) is 28.8 Å². The highest BCUT2D eigenvalue weighted by Crippen LogP contribution is 2.27. The summed E-state index contributed by atoms with van der Waals surface area (Å²) in [5, 5.41) is 3.98. The number of benzene rings is 3. The van der Waals surface area contributed by atoms with Crippen LogP contribution in [0.5, 0.6) is 0 Å². The van der Waals surface area contributed by atoms with E-state index < -0.39 is 12.1 Å². The van der Waals surface area contributed by atoms with Crippen LogP contribution >= 0.6 is 39.1 Å². The van der Waals surface area contributed by atoms with Gasteiger partial charge < -0.3 is 5.32 Å². The van der Waals surface area contributed by atoms with E-state index in [1.54, 1.807) is 41.1 Å². The largest absolute Gasteiger partial charge is 0.334 e. The third kappa shape index (κ3) is 4.98. The van der Waals surface area contributed by atoms with E-state index in [0.717, 1.165) is 15.6 Å². The monoisotopic (exact) mass is 516 g/mol. The Kier molecular flexibility index (Phi) is 6.41. The number of nitrogens with one attached hydrogen (secondary N) is 2. The summed E-state index contributed by atoms with van der Waals surface area (Å²) >= 11 is 15.4. The number of carbonyl (C=O) groups is 2. The van der Waals surface area contributed by atoms with Crippen molar-refractivity contribution in [2.75, 3.05) is 0 Å². The number of hydrogen-bond donors (Lipinski definition) is 2. The summed E-state index contributed by atoms with van der Waals surface area (Å²) in [6, 6.07) is 20.1. The van der Waals surface area contributed by atoms with E-state index in [1.165, 1.54) is 0 Å². The average Bonchev–Trinajstić information content (AvgIpc) is 3.05. The molecule has 156 valence electrons. The van der Waals surface area contributed by atoms with Gasteiger partial charge in [0.05, 0.1) is 0 Å². The SMILES string of the molecule is O=C(N[C@H]1C(=O)N/[N+](=C\c2ccc(Br)cc2)[C@@H]1c1ccc(Cl)cc1)c1ccc(Cl)cc1. The average molecular weight is 518 g/mol. The normalized spacial score (nSPS) is 19.3. The van der Waals surface area contributed by atoms with Gasteiger partial charge in [0.1, 0.15) is 0 Å². The van der Waals surface area contributed by atoms with Crippen LogP contribution in [0.2, 0.25) is 10.0 Å². The third-order valence-corrected chi connectivity index (χ3v) is 5.93. The topological polar surface area (TPSA) is 61.2 Å². The lowest BCUT2D eigenvalue weighted by Crippen LogP contribution is -2.42. The van der Waals surface area contributed by atoms with Crippen molar-refractivity contribution in [3.8, 4) is 0 Å². The molecule has 0 bridgehead atoms.